The molecule has 0 heterocycles. The molecular weight excluding hydrogens is 408 g/mol. The fourth-order valence-corrected chi connectivity index (χ4v) is 4.10. The molecule has 0 radical (unpaired) electrons. The molecule has 0 fully saturated rings. The Bertz CT molecular complexity index is 589. The van der Waals surface area contributed by atoms with Gasteiger partial charge in [-0.3, -0.25) is 14.4 Å². The van der Waals surface area contributed by atoms with Crippen molar-refractivity contribution in [3.63, 3.8) is 0 Å². The highest BCUT2D eigenvalue weighted by Gasteiger charge is 2.43. The van der Waals surface area contributed by atoms with Gasteiger partial charge in [0.2, 0.25) is 0 Å². The molecule has 3 unspecified atom stereocenters. The first-order valence-electron chi connectivity index (χ1n) is 12.3. The quantitative estimate of drug-likeness (QED) is 0.146. The van der Waals surface area contributed by atoms with Gasteiger partial charge in [-0.1, -0.05) is 46.5 Å². The van der Waals surface area contributed by atoms with Crippen LogP contribution in [0.15, 0.2) is 0 Å². The van der Waals surface area contributed by atoms with Crippen LogP contribution in [0.25, 0.3) is 0 Å². The van der Waals surface area contributed by atoms with E-state index < -0.39 is 16.2 Å². The summed E-state index contributed by atoms with van der Waals surface area (Å²) in [7, 11) is 2.80. The molecule has 0 saturated carbocycles. The van der Waals surface area contributed by atoms with Gasteiger partial charge in [0.05, 0.1) is 37.1 Å². The van der Waals surface area contributed by atoms with Gasteiger partial charge < -0.3 is 14.2 Å². The lowest BCUT2D eigenvalue weighted by Gasteiger charge is -2.35. The van der Waals surface area contributed by atoms with Crippen molar-refractivity contribution in [1.29, 1.82) is 0 Å². The number of carbonyl (C=O) groups is 3. The summed E-state index contributed by atoms with van der Waals surface area (Å²) in [6.07, 6.45) is 8.31. The third-order valence-electron chi connectivity index (χ3n) is 7.12. The van der Waals surface area contributed by atoms with Gasteiger partial charge in [0, 0.05) is 0 Å². The molecule has 0 aliphatic carbocycles. The van der Waals surface area contributed by atoms with Crippen LogP contribution < -0.4 is 0 Å². The maximum atomic E-state index is 13.2. The summed E-state index contributed by atoms with van der Waals surface area (Å²) < 4.78 is 15.7. The van der Waals surface area contributed by atoms with E-state index in [9.17, 15) is 14.4 Å². The molecule has 32 heavy (non-hydrogen) atoms. The van der Waals surface area contributed by atoms with Crippen molar-refractivity contribution in [2.75, 3.05) is 20.8 Å². The molecule has 0 aliphatic rings. The third-order valence-corrected chi connectivity index (χ3v) is 7.12. The SMILES string of the molecule is CCCCCCOC(=O)C(C)(CCC(C)(CC)C(=O)OC)CCC(C)(CCC)C(=O)OC. The number of carbonyl (C=O) groups excluding carboxylic acids is 3. The molecule has 0 aromatic rings. The Morgan fingerprint density at radius 3 is 1.50 bits per heavy atom. The van der Waals surface area contributed by atoms with Crippen molar-refractivity contribution in [2.45, 2.75) is 112 Å². The predicted octanol–water partition coefficient (Wildman–Crippen LogP) is 6.25. The van der Waals surface area contributed by atoms with Crippen LogP contribution >= 0.6 is 0 Å². The van der Waals surface area contributed by atoms with E-state index >= 15 is 0 Å². The minimum atomic E-state index is -0.793. The molecule has 0 aromatic heterocycles. The van der Waals surface area contributed by atoms with E-state index in [0.717, 1.165) is 32.1 Å². The Balaban J connectivity index is 5.54. The van der Waals surface area contributed by atoms with Gasteiger partial charge in [-0.05, 0) is 65.7 Å². The molecule has 0 spiro atoms. The molecule has 0 saturated heterocycles. The molecule has 0 aromatic carbocycles. The van der Waals surface area contributed by atoms with E-state index in [1.165, 1.54) is 14.2 Å². The largest absolute Gasteiger partial charge is 0.469 e. The first-order chi connectivity index (χ1) is 15.0. The first-order valence-corrected chi connectivity index (χ1v) is 12.3. The molecule has 0 rings (SSSR count). The Morgan fingerprint density at radius 1 is 0.594 bits per heavy atom. The van der Waals surface area contributed by atoms with Gasteiger partial charge >= 0.3 is 17.9 Å². The molecule has 0 aliphatic heterocycles. The Morgan fingerprint density at radius 2 is 1.06 bits per heavy atom. The van der Waals surface area contributed by atoms with Gasteiger partial charge in [-0.25, -0.2) is 0 Å². The molecule has 0 amide bonds. The zero-order chi connectivity index (χ0) is 24.8. The maximum Gasteiger partial charge on any atom is 0.311 e. The van der Waals surface area contributed by atoms with E-state index in [1.54, 1.807) is 0 Å². The molecule has 0 bridgehead atoms. The number of methoxy groups -OCH3 is 2. The highest BCUT2D eigenvalue weighted by molar-refractivity contribution is 5.79. The van der Waals surface area contributed by atoms with E-state index in [1.807, 2.05) is 34.6 Å². The average molecular weight is 457 g/mol. The third kappa shape index (κ3) is 9.11. The second-order valence-electron chi connectivity index (χ2n) is 9.97. The van der Waals surface area contributed by atoms with Crippen LogP contribution in [0.5, 0.6) is 0 Å². The molecule has 3 atom stereocenters. The van der Waals surface area contributed by atoms with E-state index in [-0.39, 0.29) is 17.9 Å². The number of rotatable bonds is 17. The fraction of sp³-hybridized carbons (Fsp3) is 0.885. The summed E-state index contributed by atoms with van der Waals surface area (Å²) in [5, 5.41) is 0. The van der Waals surface area contributed by atoms with Crippen LogP contribution in [-0.4, -0.2) is 38.7 Å². The summed E-state index contributed by atoms with van der Waals surface area (Å²) in [6.45, 7) is 12.2. The molecule has 6 heteroatoms. The standard InChI is InChI=1S/C26H48O6/c1-9-12-13-14-20-32-23(29)26(6,17-16-24(4,11-3)21(27)30-7)19-18-25(5,15-10-2)22(28)31-8/h9-20H2,1-8H3. The van der Waals surface area contributed by atoms with E-state index in [2.05, 4.69) is 6.92 Å². The molecular formula is C26H48O6. The van der Waals surface area contributed by atoms with Gasteiger partial charge in [-0.2, -0.15) is 0 Å². The van der Waals surface area contributed by atoms with Crippen LogP contribution in [0.1, 0.15) is 112 Å². The normalized spacial score (nSPS) is 16.9. The van der Waals surface area contributed by atoms with Crippen molar-refractivity contribution in [2.24, 2.45) is 16.2 Å². The molecule has 188 valence electrons. The minimum absolute atomic E-state index is 0.248. The first kappa shape index (κ1) is 30.4. The van der Waals surface area contributed by atoms with Crippen molar-refractivity contribution >= 4 is 17.9 Å². The number of hydrogen-bond acceptors (Lipinski definition) is 6. The molecule has 0 N–H and O–H groups in total. The van der Waals surface area contributed by atoms with Gasteiger partial charge in [0.1, 0.15) is 0 Å². The second-order valence-corrected chi connectivity index (χ2v) is 9.97. The van der Waals surface area contributed by atoms with Crippen LogP contribution in [0.2, 0.25) is 0 Å². The zero-order valence-electron chi connectivity index (χ0n) is 21.9. The summed E-state index contributed by atoms with van der Waals surface area (Å²) in [6, 6.07) is 0. The number of hydrogen-bond donors (Lipinski definition) is 0. The number of unbranched alkanes of at least 4 members (excludes halogenated alkanes) is 3. The summed E-state index contributed by atoms with van der Waals surface area (Å²) in [5.74, 6) is -0.760. The Hall–Kier alpha value is -1.59. The van der Waals surface area contributed by atoms with Crippen molar-refractivity contribution < 1.29 is 28.6 Å². The van der Waals surface area contributed by atoms with E-state index in [4.69, 9.17) is 14.2 Å². The van der Waals surface area contributed by atoms with Gasteiger partial charge in [-0.15, -0.1) is 0 Å². The monoisotopic (exact) mass is 456 g/mol. The summed E-state index contributed by atoms with van der Waals surface area (Å²) in [5.41, 5.74) is -2.10. The number of ether oxygens (including phenoxy) is 3. The average Bonchev–Trinajstić information content (AvgIpc) is 2.79. The topological polar surface area (TPSA) is 78.9 Å². The fourth-order valence-electron chi connectivity index (χ4n) is 4.10. The smallest absolute Gasteiger partial charge is 0.311 e. The Kier molecular flexibility index (Phi) is 13.8. The molecule has 6 nitrogen and oxygen atoms in total. The predicted molar refractivity (Wildman–Crippen MR) is 127 cm³/mol. The van der Waals surface area contributed by atoms with Crippen molar-refractivity contribution in [3.05, 3.63) is 0 Å². The van der Waals surface area contributed by atoms with Crippen LogP contribution in [-0.2, 0) is 28.6 Å². The van der Waals surface area contributed by atoms with Crippen LogP contribution in [0, 0.1) is 16.2 Å². The van der Waals surface area contributed by atoms with E-state index in [0.29, 0.717) is 45.1 Å². The van der Waals surface area contributed by atoms with Crippen molar-refractivity contribution in [1.82, 2.24) is 0 Å². The summed E-state index contributed by atoms with van der Waals surface area (Å²) in [4.78, 5) is 38.0. The summed E-state index contributed by atoms with van der Waals surface area (Å²) >= 11 is 0. The maximum absolute atomic E-state index is 13.2. The Labute approximate surface area is 196 Å². The lowest BCUT2D eigenvalue weighted by atomic mass is 9.70. The minimum Gasteiger partial charge on any atom is -0.469 e. The zero-order valence-corrected chi connectivity index (χ0v) is 21.9. The second kappa shape index (κ2) is 14.5. The van der Waals surface area contributed by atoms with Crippen LogP contribution in [0.3, 0.4) is 0 Å². The highest BCUT2D eigenvalue weighted by Crippen LogP contribution is 2.42. The number of esters is 3. The van der Waals surface area contributed by atoms with Crippen molar-refractivity contribution in [3.8, 4) is 0 Å². The van der Waals surface area contributed by atoms with Crippen LogP contribution in [0.4, 0.5) is 0 Å². The highest BCUT2D eigenvalue weighted by atomic mass is 16.5. The lowest BCUT2D eigenvalue weighted by Crippen LogP contribution is -2.37. The van der Waals surface area contributed by atoms with Gasteiger partial charge in [0.15, 0.2) is 0 Å². The lowest BCUT2D eigenvalue weighted by molar-refractivity contribution is -0.161. The van der Waals surface area contributed by atoms with Gasteiger partial charge in [0.25, 0.3) is 0 Å².